The van der Waals surface area contributed by atoms with E-state index in [-0.39, 0.29) is 24.6 Å². The van der Waals surface area contributed by atoms with E-state index in [1.165, 1.54) is 0 Å². The van der Waals surface area contributed by atoms with E-state index in [1.54, 1.807) is 4.90 Å². The van der Waals surface area contributed by atoms with Crippen molar-refractivity contribution in [2.45, 2.75) is 70.5 Å². The molecule has 2 amide bonds. The zero-order valence-corrected chi connectivity index (χ0v) is 22.0. The van der Waals surface area contributed by atoms with Gasteiger partial charge in [0.1, 0.15) is 6.04 Å². The van der Waals surface area contributed by atoms with E-state index in [1.807, 2.05) is 67.6 Å². The molecule has 1 N–H and O–H groups in total. The average molecular weight is 513 g/mol. The van der Waals surface area contributed by atoms with Gasteiger partial charge in [0.15, 0.2) is 11.5 Å². The molecule has 1 atom stereocenters. The number of fused-ring (bicyclic) bond motifs is 1. The van der Waals surface area contributed by atoms with Gasteiger partial charge < -0.3 is 19.7 Å². The van der Waals surface area contributed by atoms with Gasteiger partial charge in [-0.3, -0.25) is 9.59 Å². The van der Waals surface area contributed by atoms with Gasteiger partial charge in [0.05, 0.1) is 0 Å². The van der Waals surface area contributed by atoms with Crippen LogP contribution in [0.15, 0.2) is 72.8 Å². The molecule has 2 aliphatic rings. The predicted molar refractivity (Wildman–Crippen MR) is 147 cm³/mol. The first-order valence-electron chi connectivity index (χ1n) is 13.6. The Morgan fingerprint density at radius 2 is 1.61 bits per heavy atom. The molecule has 3 aromatic rings. The van der Waals surface area contributed by atoms with Crippen molar-refractivity contribution in [3.05, 3.63) is 95.1 Å². The monoisotopic (exact) mass is 512 g/mol. The van der Waals surface area contributed by atoms with Gasteiger partial charge in [-0.25, -0.2) is 0 Å². The SMILES string of the molecule is Cc1ccc(CN(C(=O)CCc2ccc3c(c2)OCO3)C(Cc2ccccc2)C(=O)NC2CCCC2)cc1. The van der Waals surface area contributed by atoms with Crippen LogP contribution in [0.5, 0.6) is 11.5 Å². The van der Waals surface area contributed by atoms with Gasteiger partial charge in [-0.1, -0.05) is 79.1 Å². The van der Waals surface area contributed by atoms with Crippen LogP contribution < -0.4 is 14.8 Å². The molecule has 0 bridgehead atoms. The van der Waals surface area contributed by atoms with Crippen molar-refractivity contribution < 1.29 is 19.1 Å². The quantitative estimate of drug-likeness (QED) is 0.397. The highest BCUT2D eigenvalue weighted by Crippen LogP contribution is 2.33. The third kappa shape index (κ3) is 6.55. The van der Waals surface area contributed by atoms with Crippen molar-refractivity contribution in [3.63, 3.8) is 0 Å². The number of rotatable bonds is 10. The molecule has 6 heteroatoms. The maximum atomic E-state index is 13.9. The van der Waals surface area contributed by atoms with Crippen LogP contribution >= 0.6 is 0 Å². The zero-order valence-electron chi connectivity index (χ0n) is 22.0. The molecule has 5 rings (SSSR count). The molecule has 1 unspecified atom stereocenters. The number of nitrogens with one attached hydrogen (secondary N) is 1. The largest absolute Gasteiger partial charge is 0.454 e. The van der Waals surface area contributed by atoms with Crippen LogP contribution in [0.2, 0.25) is 0 Å². The Hall–Kier alpha value is -3.80. The van der Waals surface area contributed by atoms with E-state index >= 15 is 0 Å². The van der Waals surface area contributed by atoms with Crippen molar-refractivity contribution in [2.75, 3.05) is 6.79 Å². The molecule has 1 fully saturated rings. The summed E-state index contributed by atoms with van der Waals surface area (Å²) in [6.45, 7) is 2.65. The van der Waals surface area contributed by atoms with Crippen LogP contribution in [-0.2, 0) is 29.0 Å². The van der Waals surface area contributed by atoms with Gasteiger partial charge in [0.25, 0.3) is 0 Å². The summed E-state index contributed by atoms with van der Waals surface area (Å²) >= 11 is 0. The fraction of sp³-hybridized carbons (Fsp3) is 0.375. The first kappa shape index (κ1) is 25.8. The van der Waals surface area contributed by atoms with E-state index < -0.39 is 6.04 Å². The fourth-order valence-electron chi connectivity index (χ4n) is 5.30. The molecule has 6 nitrogen and oxygen atoms in total. The number of hydrogen-bond acceptors (Lipinski definition) is 4. The Kier molecular flexibility index (Phi) is 8.27. The summed E-state index contributed by atoms with van der Waals surface area (Å²) in [5.74, 6) is 1.34. The maximum absolute atomic E-state index is 13.9. The van der Waals surface area contributed by atoms with Crippen LogP contribution in [0.1, 0.15) is 54.4 Å². The van der Waals surface area contributed by atoms with E-state index in [0.29, 0.717) is 31.6 Å². The molecule has 3 aromatic carbocycles. The highest BCUT2D eigenvalue weighted by Gasteiger charge is 2.32. The van der Waals surface area contributed by atoms with Gasteiger partial charge >= 0.3 is 0 Å². The van der Waals surface area contributed by atoms with Gasteiger partial charge in [-0.15, -0.1) is 0 Å². The van der Waals surface area contributed by atoms with Crippen LogP contribution in [0.4, 0.5) is 0 Å². The van der Waals surface area contributed by atoms with Crippen LogP contribution in [0.25, 0.3) is 0 Å². The topological polar surface area (TPSA) is 67.9 Å². The van der Waals surface area contributed by atoms with E-state index in [0.717, 1.165) is 53.7 Å². The molecular weight excluding hydrogens is 476 g/mol. The summed E-state index contributed by atoms with van der Waals surface area (Å²) in [4.78, 5) is 29.4. The normalized spacial score (nSPS) is 15.3. The minimum atomic E-state index is -0.594. The summed E-state index contributed by atoms with van der Waals surface area (Å²) in [6.07, 6.45) is 5.60. The summed E-state index contributed by atoms with van der Waals surface area (Å²) in [5.41, 5.74) is 4.22. The number of carbonyl (C=O) groups excluding carboxylic acids is 2. The maximum Gasteiger partial charge on any atom is 0.243 e. The number of aryl methyl sites for hydroxylation is 2. The highest BCUT2D eigenvalue weighted by atomic mass is 16.7. The number of hydrogen-bond donors (Lipinski definition) is 1. The minimum Gasteiger partial charge on any atom is -0.454 e. The lowest BCUT2D eigenvalue weighted by Crippen LogP contribution is -2.52. The fourth-order valence-corrected chi connectivity index (χ4v) is 5.30. The van der Waals surface area contributed by atoms with E-state index in [9.17, 15) is 9.59 Å². The standard InChI is InChI=1S/C32H36N2O4/c1-23-11-13-26(14-12-23)21-34(31(35)18-16-25-15-17-29-30(20-25)38-22-37-29)28(19-24-7-3-2-4-8-24)32(36)33-27-9-5-6-10-27/h2-4,7-8,11-15,17,20,27-28H,5-6,9-10,16,18-19,21-22H2,1H3,(H,33,36). The second-order valence-corrected chi connectivity index (χ2v) is 10.4. The van der Waals surface area contributed by atoms with Crippen LogP contribution in [-0.4, -0.2) is 35.6 Å². The lowest BCUT2D eigenvalue weighted by atomic mass is 10.0. The van der Waals surface area contributed by atoms with Crippen molar-refractivity contribution in [1.29, 1.82) is 0 Å². The average Bonchev–Trinajstić information content (AvgIpc) is 3.62. The minimum absolute atomic E-state index is 0.0363. The van der Waals surface area contributed by atoms with Crippen molar-refractivity contribution >= 4 is 11.8 Å². The lowest BCUT2D eigenvalue weighted by Gasteiger charge is -2.32. The first-order valence-corrected chi connectivity index (χ1v) is 13.6. The van der Waals surface area contributed by atoms with Gasteiger partial charge in [0, 0.05) is 25.4 Å². The summed E-state index contributed by atoms with van der Waals surface area (Å²) in [6, 6.07) is 23.6. The Morgan fingerprint density at radius 1 is 0.895 bits per heavy atom. The second kappa shape index (κ2) is 12.2. The molecule has 0 aromatic heterocycles. The summed E-state index contributed by atoms with van der Waals surface area (Å²) in [7, 11) is 0. The van der Waals surface area contributed by atoms with Crippen molar-refractivity contribution in [2.24, 2.45) is 0 Å². The summed E-state index contributed by atoms with van der Waals surface area (Å²) in [5, 5.41) is 3.27. The van der Waals surface area contributed by atoms with Gasteiger partial charge in [-0.2, -0.15) is 0 Å². The molecule has 0 spiro atoms. The van der Waals surface area contributed by atoms with Crippen molar-refractivity contribution in [3.8, 4) is 11.5 Å². The van der Waals surface area contributed by atoms with Crippen molar-refractivity contribution in [1.82, 2.24) is 10.2 Å². The smallest absolute Gasteiger partial charge is 0.243 e. The predicted octanol–water partition coefficient (Wildman–Crippen LogP) is 5.36. The molecule has 1 aliphatic carbocycles. The molecule has 38 heavy (non-hydrogen) atoms. The molecule has 1 heterocycles. The number of nitrogens with zero attached hydrogens (tertiary/aromatic N) is 1. The van der Waals surface area contributed by atoms with Gasteiger partial charge in [-0.05, 0) is 55.0 Å². The third-order valence-corrected chi connectivity index (χ3v) is 7.51. The number of ether oxygens (including phenoxy) is 2. The van der Waals surface area contributed by atoms with E-state index in [2.05, 4.69) is 17.4 Å². The first-order chi connectivity index (χ1) is 18.5. The Bertz CT molecular complexity index is 1240. The lowest BCUT2D eigenvalue weighted by molar-refractivity contribution is -0.141. The highest BCUT2D eigenvalue weighted by molar-refractivity contribution is 5.88. The Labute approximate surface area is 225 Å². The third-order valence-electron chi connectivity index (χ3n) is 7.51. The number of amides is 2. The van der Waals surface area contributed by atoms with Crippen LogP contribution in [0, 0.1) is 6.92 Å². The summed E-state index contributed by atoms with van der Waals surface area (Å²) < 4.78 is 10.9. The molecule has 198 valence electrons. The Morgan fingerprint density at radius 3 is 2.37 bits per heavy atom. The molecule has 0 radical (unpaired) electrons. The zero-order chi connectivity index (χ0) is 26.3. The molecule has 1 aliphatic heterocycles. The van der Waals surface area contributed by atoms with Gasteiger partial charge in [0.2, 0.25) is 18.6 Å². The number of carbonyl (C=O) groups is 2. The van der Waals surface area contributed by atoms with E-state index in [4.69, 9.17) is 9.47 Å². The van der Waals surface area contributed by atoms with Crippen LogP contribution in [0.3, 0.4) is 0 Å². The molecular formula is C32H36N2O4. The molecule has 0 saturated heterocycles. The second-order valence-electron chi connectivity index (χ2n) is 10.4. The molecule has 1 saturated carbocycles. The number of benzene rings is 3. The Balaban J connectivity index is 1.39.